The molecule has 0 atom stereocenters. The largest absolute Gasteiger partial charge is 0.291 e. The third-order valence-corrected chi connectivity index (χ3v) is 3.22. The second-order valence-electron chi connectivity index (χ2n) is 5.16. The van der Waals surface area contributed by atoms with Crippen LogP contribution in [0.2, 0.25) is 0 Å². The molecule has 0 radical (unpaired) electrons. The van der Waals surface area contributed by atoms with Crippen molar-refractivity contribution in [1.82, 2.24) is 15.6 Å². The molecule has 110 valence electrons. The highest BCUT2D eigenvalue weighted by atomic mass is 16.2. The maximum atomic E-state index is 11.9. The second-order valence-corrected chi connectivity index (χ2v) is 5.16. The van der Waals surface area contributed by atoms with Crippen molar-refractivity contribution >= 4 is 12.1 Å². The minimum Gasteiger partial charge on any atom is -0.282 e. The van der Waals surface area contributed by atoms with Crippen molar-refractivity contribution in [3.8, 4) is 0 Å². The smallest absolute Gasteiger partial charge is 0.282 e. The van der Waals surface area contributed by atoms with Gasteiger partial charge in [-0.1, -0.05) is 45.0 Å². The van der Waals surface area contributed by atoms with Gasteiger partial charge in [0.15, 0.2) is 5.69 Å². The summed E-state index contributed by atoms with van der Waals surface area (Å²) in [5.74, 6) is -0.0146. The zero-order valence-corrected chi connectivity index (χ0v) is 12.6. The van der Waals surface area contributed by atoms with Gasteiger partial charge in [0, 0.05) is 5.69 Å². The highest BCUT2D eigenvalue weighted by Gasteiger charge is 2.10. The zero-order valence-electron chi connectivity index (χ0n) is 12.6. The predicted molar refractivity (Wildman–Crippen MR) is 83.6 cm³/mol. The Kier molecular flexibility index (Phi) is 4.87. The highest BCUT2D eigenvalue weighted by Crippen LogP contribution is 2.11. The van der Waals surface area contributed by atoms with E-state index in [1.807, 2.05) is 38.1 Å². The van der Waals surface area contributed by atoms with E-state index in [9.17, 15) is 4.79 Å². The van der Waals surface area contributed by atoms with Gasteiger partial charge in [-0.3, -0.25) is 9.89 Å². The molecule has 1 aromatic heterocycles. The summed E-state index contributed by atoms with van der Waals surface area (Å²) in [6.07, 6.45) is 2.62. The topological polar surface area (TPSA) is 70.1 Å². The monoisotopic (exact) mass is 284 g/mol. The Labute approximate surface area is 124 Å². The maximum absolute atomic E-state index is 11.9. The van der Waals surface area contributed by atoms with Gasteiger partial charge < -0.3 is 0 Å². The third kappa shape index (κ3) is 4.02. The summed E-state index contributed by atoms with van der Waals surface area (Å²) in [6, 6.07) is 9.78. The molecular weight excluding hydrogens is 264 g/mol. The molecule has 2 aromatic rings. The lowest BCUT2D eigenvalue weighted by Gasteiger charge is -1.98. The maximum Gasteiger partial charge on any atom is 0.291 e. The van der Waals surface area contributed by atoms with Crippen molar-refractivity contribution in [3.05, 3.63) is 52.8 Å². The van der Waals surface area contributed by atoms with Crippen LogP contribution in [0, 0.1) is 0 Å². The molecule has 21 heavy (non-hydrogen) atoms. The SMILES string of the molecule is CCc1ccc(/C=N\NC(=O)c2cc(C(C)C)[nH]n2)cc1. The fourth-order valence-electron chi connectivity index (χ4n) is 1.81. The standard InChI is InChI=1S/C16H20N4O/c1-4-12-5-7-13(8-6-12)10-17-20-16(21)15-9-14(11(2)3)18-19-15/h5-11H,4H2,1-3H3,(H,18,19)(H,20,21)/b17-10-. The van der Waals surface area contributed by atoms with Crippen molar-refractivity contribution in [2.24, 2.45) is 5.10 Å². The number of aromatic amines is 1. The van der Waals surface area contributed by atoms with Crippen LogP contribution in [0.25, 0.3) is 0 Å². The van der Waals surface area contributed by atoms with Crippen LogP contribution >= 0.6 is 0 Å². The minimum absolute atomic E-state index is 0.305. The Morgan fingerprint density at radius 3 is 2.67 bits per heavy atom. The fourth-order valence-corrected chi connectivity index (χ4v) is 1.81. The van der Waals surface area contributed by atoms with E-state index < -0.39 is 0 Å². The lowest BCUT2D eigenvalue weighted by Crippen LogP contribution is -2.18. The molecule has 0 saturated heterocycles. The van der Waals surface area contributed by atoms with Gasteiger partial charge in [-0.25, -0.2) is 5.43 Å². The Bertz CT molecular complexity index is 626. The fraction of sp³-hybridized carbons (Fsp3) is 0.312. The van der Waals surface area contributed by atoms with Crippen molar-refractivity contribution in [2.45, 2.75) is 33.1 Å². The molecule has 0 aliphatic carbocycles. The number of carbonyl (C=O) groups is 1. The molecule has 2 N–H and O–H groups in total. The zero-order chi connectivity index (χ0) is 15.2. The summed E-state index contributed by atoms with van der Waals surface area (Å²) in [5, 5.41) is 10.8. The van der Waals surface area contributed by atoms with E-state index in [4.69, 9.17) is 0 Å². The number of hydrazone groups is 1. The average Bonchev–Trinajstić information content (AvgIpc) is 2.98. The number of hydrogen-bond donors (Lipinski definition) is 2. The molecule has 0 spiro atoms. The van der Waals surface area contributed by atoms with Crippen LogP contribution < -0.4 is 5.43 Å². The van der Waals surface area contributed by atoms with Gasteiger partial charge in [0.1, 0.15) is 0 Å². The van der Waals surface area contributed by atoms with E-state index in [0.29, 0.717) is 11.6 Å². The number of hydrogen-bond acceptors (Lipinski definition) is 3. The van der Waals surface area contributed by atoms with Gasteiger partial charge >= 0.3 is 0 Å². The van der Waals surface area contributed by atoms with Gasteiger partial charge in [0.25, 0.3) is 5.91 Å². The quantitative estimate of drug-likeness (QED) is 0.654. The Morgan fingerprint density at radius 2 is 2.10 bits per heavy atom. The van der Waals surface area contributed by atoms with E-state index in [1.54, 1.807) is 12.3 Å². The first-order chi connectivity index (χ1) is 10.1. The van der Waals surface area contributed by atoms with Crippen LogP contribution in [0.4, 0.5) is 0 Å². The number of nitrogens with one attached hydrogen (secondary N) is 2. The lowest BCUT2D eigenvalue weighted by molar-refractivity contribution is 0.0950. The first-order valence-corrected chi connectivity index (χ1v) is 7.07. The van der Waals surface area contributed by atoms with Gasteiger partial charge in [0.2, 0.25) is 0 Å². The van der Waals surface area contributed by atoms with Crippen molar-refractivity contribution < 1.29 is 4.79 Å². The summed E-state index contributed by atoms with van der Waals surface area (Å²) in [6.45, 7) is 6.18. The molecule has 1 aromatic carbocycles. The van der Waals surface area contributed by atoms with Crippen LogP contribution in [0.3, 0.4) is 0 Å². The third-order valence-electron chi connectivity index (χ3n) is 3.22. The van der Waals surface area contributed by atoms with Gasteiger partial charge in [-0.2, -0.15) is 10.2 Å². The molecule has 2 rings (SSSR count). The van der Waals surface area contributed by atoms with Crippen molar-refractivity contribution in [3.63, 3.8) is 0 Å². The summed E-state index contributed by atoms with van der Waals surface area (Å²) in [4.78, 5) is 11.9. The molecule has 1 heterocycles. The van der Waals surface area contributed by atoms with E-state index in [2.05, 4.69) is 27.6 Å². The minimum atomic E-state index is -0.320. The lowest BCUT2D eigenvalue weighted by atomic mass is 10.1. The number of H-pyrrole nitrogens is 1. The highest BCUT2D eigenvalue weighted by molar-refractivity contribution is 5.93. The van der Waals surface area contributed by atoms with Crippen molar-refractivity contribution in [2.75, 3.05) is 0 Å². The normalized spacial score (nSPS) is 11.2. The van der Waals surface area contributed by atoms with E-state index in [0.717, 1.165) is 17.7 Å². The summed E-state index contributed by atoms with van der Waals surface area (Å²) in [7, 11) is 0. The van der Waals surface area contributed by atoms with Crippen LogP contribution in [0.1, 0.15) is 54.0 Å². The molecular formula is C16H20N4O. The number of rotatable bonds is 5. The average molecular weight is 284 g/mol. The molecule has 0 fully saturated rings. The number of benzene rings is 1. The number of carbonyl (C=O) groups excluding carboxylic acids is 1. The van der Waals surface area contributed by atoms with E-state index in [1.165, 1.54) is 5.56 Å². The summed E-state index contributed by atoms with van der Waals surface area (Å²) >= 11 is 0. The molecule has 0 saturated carbocycles. The molecule has 0 aliphatic heterocycles. The van der Waals surface area contributed by atoms with Crippen LogP contribution in [-0.2, 0) is 6.42 Å². The number of nitrogens with zero attached hydrogens (tertiary/aromatic N) is 2. The Balaban J connectivity index is 1.94. The van der Waals surface area contributed by atoms with Crippen LogP contribution in [0.5, 0.6) is 0 Å². The van der Waals surface area contributed by atoms with Crippen molar-refractivity contribution in [1.29, 1.82) is 0 Å². The summed E-state index contributed by atoms with van der Waals surface area (Å²) < 4.78 is 0. The first kappa shape index (κ1) is 15.0. The van der Waals surface area contributed by atoms with Crippen LogP contribution in [0.15, 0.2) is 35.4 Å². The summed E-state index contributed by atoms with van der Waals surface area (Å²) in [5.41, 5.74) is 5.96. The predicted octanol–water partition coefficient (Wildman–Crippen LogP) is 2.86. The molecule has 5 nitrogen and oxygen atoms in total. The molecule has 0 aliphatic rings. The Hall–Kier alpha value is -2.43. The first-order valence-electron chi connectivity index (χ1n) is 7.07. The van der Waals surface area contributed by atoms with Gasteiger partial charge in [-0.15, -0.1) is 0 Å². The van der Waals surface area contributed by atoms with Gasteiger partial charge in [-0.05, 0) is 29.5 Å². The molecule has 1 amide bonds. The Morgan fingerprint density at radius 1 is 1.38 bits per heavy atom. The number of aryl methyl sites for hydroxylation is 1. The molecule has 0 unspecified atom stereocenters. The molecule has 5 heteroatoms. The van der Waals surface area contributed by atoms with E-state index in [-0.39, 0.29) is 5.91 Å². The van der Waals surface area contributed by atoms with Crippen LogP contribution in [-0.4, -0.2) is 22.3 Å². The van der Waals surface area contributed by atoms with E-state index >= 15 is 0 Å². The molecule has 0 bridgehead atoms. The number of amides is 1. The second kappa shape index (κ2) is 6.83. The van der Waals surface area contributed by atoms with Gasteiger partial charge in [0.05, 0.1) is 6.21 Å². The number of aromatic nitrogens is 2.